The van der Waals surface area contributed by atoms with Crippen LogP contribution in [0.4, 0.5) is 5.69 Å². The highest BCUT2D eigenvalue weighted by Gasteiger charge is 2.39. The third-order valence-electron chi connectivity index (χ3n) is 5.31. The summed E-state index contributed by atoms with van der Waals surface area (Å²) in [5, 5.41) is 3.27. The van der Waals surface area contributed by atoms with Crippen molar-refractivity contribution >= 4 is 23.1 Å². The maximum absolute atomic E-state index is 13.4. The number of hydrogen-bond acceptors (Lipinski definition) is 5. The van der Waals surface area contributed by atoms with Gasteiger partial charge in [-0.25, -0.2) is 0 Å². The van der Waals surface area contributed by atoms with E-state index in [4.69, 9.17) is 9.47 Å². The molecule has 0 fully saturated rings. The third kappa shape index (κ3) is 6.02. The maximum Gasteiger partial charge on any atom is 0.278 e. The molecule has 0 bridgehead atoms. The fourth-order valence-electron chi connectivity index (χ4n) is 3.68. The molecule has 2 amide bonds. The van der Waals surface area contributed by atoms with Gasteiger partial charge >= 0.3 is 0 Å². The summed E-state index contributed by atoms with van der Waals surface area (Å²) in [6, 6.07) is 13.3. The van der Waals surface area contributed by atoms with Crippen molar-refractivity contribution in [2.75, 3.05) is 18.5 Å². The summed E-state index contributed by atoms with van der Waals surface area (Å²) in [6.07, 6.45) is 0.743. The summed E-state index contributed by atoms with van der Waals surface area (Å²) in [5.41, 5.74) is 4.24. The number of benzene rings is 2. The Hall–Kier alpha value is -3.12. The molecule has 1 heterocycles. The van der Waals surface area contributed by atoms with Crippen molar-refractivity contribution in [2.45, 2.75) is 60.2 Å². The normalized spacial score (nSPS) is 14.1. The summed E-state index contributed by atoms with van der Waals surface area (Å²) in [5.74, 6) is 0.107. The lowest BCUT2D eigenvalue weighted by Gasteiger charge is -2.16. The molecule has 1 aliphatic heterocycles. The van der Waals surface area contributed by atoms with Crippen molar-refractivity contribution < 1.29 is 19.1 Å². The van der Waals surface area contributed by atoms with Crippen molar-refractivity contribution in [3.8, 4) is 5.75 Å². The van der Waals surface area contributed by atoms with E-state index in [0.29, 0.717) is 36.4 Å². The van der Waals surface area contributed by atoms with E-state index in [0.717, 1.165) is 22.6 Å². The van der Waals surface area contributed by atoms with E-state index in [1.165, 1.54) is 4.90 Å². The Kier molecular flexibility index (Phi) is 7.92. The van der Waals surface area contributed by atoms with Crippen molar-refractivity contribution in [2.24, 2.45) is 0 Å². The number of amides is 2. The van der Waals surface area contributed by atoms with E-state index >= 15 is 0 Å². The minimum atomic E-state index is -0.317. The summed E-state index contributed by atoms with van der Waals surface area (Å²) in [6.45, 7) is 12.6. The molecule has 0 atom stereocenters. The first-order valence-electron chi connectivity index (χ1n) is 11.5. The Labute approximate surface area is 196 Å². The van der Waals surface area contributed by atoms with Gasteiger partial charge in [0.15, 0.2) is 0 Å². The molecule has 33 heavy (non-hydrogen) atoms. The number of imide groups is 1. The minimum absolute atomic E-state index is 0.0508. The molecule has 0 saturated carbocycles. The second-order valence-electron chi connectivity index (χ2n) is 8.92. The molecule has 0 saturated heterocycles. The third-order valence-corrected chi connectivity index (χ3v) is 5.31. The number of nitrogens with zero attached hydrogens (tertiary/aromatic N) is 1. The molecule has 0 unspecified atom stereocenters. The van der Waals surface area contributed by atoms with Gasteiger partial charge in [0, 0.05) is 18.8 Å². The number of rotatable bonds is 10. The first-order chi connectivity index (χ1) is 15.7. The molecule has 0 aromatic heterocycles. The van der Waals surface area contributed by atoms with E-state index in [1.807, 2.05) is 84.0 Å². The van der Waals surface area contributed by atoms with Gasteiger partial charge < -0.3 is 14.8 Å². The number of carbonyl (C=O) groups is 2. The fourth-order valence-corrected chi connectivity index (χ4v) is 3.68. The van der Waals surface area contributed by atoms with Crippen LogP contribution in [0.5, 0.6) is 5.75 Å². The zero-order chi connectivity index (χ0) is 24.1. The monoisotopic (exact) mass is 450 g/mol. The van der Waals surface area contributed by atoms with Gasteiger partial charge in [-0.1, -0.05) is 24.3 Å². The topological polar surface area (TPSA) is 67.9 Å². The Morgan fingerprint density at radius 1 is 0.909 bits per heavy atom. The van der Waals surface area contributed by atoms with E-state index < -0.39 is 0 Å². The average molecular weight is 451 g/mol. The zero-order valence-corrected chi connectivity index (χ0v) is 20.4. The van der Waals surface area contributed by atoms with Crippen molar-refractivity contribution in [1.29, 1.82) is 0 Å². The van der Waals surface area contributed by atoms with Crippen LogP contribution in [0.1, 0.15) is 50.8 Å². The summed E-state index contributed by atoms with van der Waals surface area (Å²) in [4.78, 5) is 28.1. The minimum Gasteiger partial charge on any atom is -0.491 e. The lowest BCUT2D eigenvalue weighted by atomic mass is 10.0. The number of hydrogen-bond donors (Lipinski definition) is 1. The molecule has 0 spiro atoms. The number of anilines is 1. The van der Waals surface area contributed by atoms with Crippen LogP contribution in [0.15, 0.2) is 48.2 Å². The average Bonchev–Trinajstić information content (AvgIpc) is 2.98. The van der Waals surface area contributed by atoms with Gasteiger partial charge in [-0.15, -0.1) is 0 Å². The van der Waals surface area contributed by atoms with Crippen molar-refractivity contribution in [3.05, 3.63) is 64.9 Å². The first kappa shape index (κ1) is 24.5. The Bertz CT molecular complexity index is 1040. The predicted molar refractivity (Wildman–Crippen MR) is 131 cm³/mol. The molecule has 0 radical (unpaired) electrons. The molecule has 1 N–H and O–H groups in total. The molecule has 6 nitrogen and oxygen atoms in total. The quantitative estimate of drug-likeness (QED) is 0.403. The highest BCUT2D eigenvalue weighted by Crippen LogP contribution is 2.32. The van der Waals surface area contributed by atoms with E-state index in [-0.39, 0.29) is 24.0 Å². The van der Waals surface area contributed by atoms with Crippen molar-refractivity contribution in [1.82, 2.24) is 4.90 Å². The van der Waals surface area contributed by atoms with E-state index in [2.05, 4.69) is 5.32 Å². The molecule has 2 aromatic carbocycles. The Balaban J connectivity index is 1.94. The summed E-state index contributed by atoms with van der Waals surface area (Å²) in [7, 11) is 0. The molecule has 1 aliphatic rings. The molecule has 2 aromatic rings. The number of aryl methyl sites for hydroxylation is 2. The van der Waals surface area contributed by atoms with Crippen LogP contribution in [0.3, 0.4) is 0 Å². The van der Waals surface area contributed by atoms with Gasteiger partial charge in [-0.05, 0) is 82.9 Å². The van der Waals surface area contributed by atoms with Crippen LogP contribution < -0.4 is 10.1 Å². The first-order valence-corrected chi connectivity index (χ1v) is 11.5. The highest BCUT2D eigenvalue weighted by molar-refractivity contribution is 6.36. The van der Waals surface area contributed by atoms with Gasteiger partial charge in [0.25, 0.3) is 11.8 Å². The van der Waals surface area contributed by atoms with Gasteiger partial charge in [0.2, 0.25) is 0 Å². The zero-order valence-electron chi connectivity index (χ0n) is 20.4. The van der Waals surface area contributed by atoms with Gasteiger partial charge in [0.1, 0.15) is 11.4 Å². The fraction of sp³-hybridized carbons (Fsp3) is 0.407. The van der Waals surface area contributed by atoms with Gasteiger partial charge in [-0.3, -0.25) is 14.5 Å². The second-order valence-corrected chi connectivity index (χ2v) is 8.92. The van der Waals surface area contributed by atoms with Crippen LogP contribution in [-0.4, -0.2) is 42.1 Å². The lowest BCUT2D eigenvalue weighted by Crippen LogP contribution is -2.34. The molecule has 176 valence electrons. The van der Waals surface area contributed by atoms with Gasteiger partial charge in [0.05, 0.1) is 17.8 Å². The van der Waals surface area contributed by atoms with Crippen LogP contribution in [0.25, 0.3) is 5.57 Å². The molecule has 6 heteroatoms. The van der Waals surface area contributed by atoms with E-state index in [9.17, 15) is 9.59 Å². The summed E-state index contributed by atoms with van der Waals surface area (Å²) >= 11 is 0. The SMILES string of the molecule is Cc1ccc(C)c(NC2=C(c3ccc(OC(C)C)cc3)C(=O)N(CCCOC(C)C)C2=O)c1. The van der Waals surface area contributed by atoms with Crippen LogP contribution in [-0.2, 0) is 14.3 Å². The molecule has 3 rings (SSSR count). The molecular weight excluding hydrogens is 416 g/mol. The van der Waals surface area contributed by atoms with Crippen LogP contribution in [0.2, 0.25) is 0 Å². The second kappa shape index (κ2) is 10.7. The highest BCUT2D eigenvalue weighted by atomic mass is 16.5. The predicted octanol–water partition coefficient (Wildman–Crippen LogP) is 5.10. The smallest absolute Gasteiger partial charge is 0.278 e. The largest absolute Gasteiger partial charge is 0.491 e. The van der Waals surface area contributed by atoms with E-state index in [1.54, 1.807) is 0 Å². The standard InChI is InChI=1S/C27H34N2O4/c1-17(2)32-15-7-14-29-26(30)24(21-10-12-22(13-11-21)33-18(3)4)25(27(29)31)28-23-16-19(5)8-9-20(23)6/h8-13,16-18,28H,7,14-15H2,1-6H3. The molecular formula is C27H34N2O4. The lowest BCUT2D eigenvalue weighted by molar-refractivity contribution is -0.137. The summed E-state index contributed by atoms with van der Waals surface area (Å²) < 4.78 is 11.3. The van der Waals surface area contributed by atoms with Crippen LogP contribution >= 0.6 is 0 Å². The maximum atomic E-state index is 13.4. The Morgan fingerprint density at radius 3 is 2.24 bits per heavy atom. The van der Waals surface area contributed by atoms with Gasteiger partial charge in [-0.2, -0.15) is 0 Å². The van der Waals surface area contributed by atoms with Crippen LogP contribution in [0, 0.1) is 13.8 Å². The van der Waals surface area contributed by atoms with Crippen molar-refractivity contribution in [3.63, 3.8) is 0 Å². The number of carbonyl (C=O) groups excluding carboxylic acids is 2. The number of ether oxygens (including phenoxy) is 2. The molecule has 0 aliphatic carbocycles. The Morgan fingerprint density at radius 2 is 1.61 bits per heavy atom. The number of nitrogens with one attached hydrogen (secondary N) is 1.